The molecule has 0 saturated heterocycles. The van der Waals surface area contributed by atoms with E-state index in [-0.39, 0.29) is 12.0 Å². The molecule has 1 amide bonds. The first kappa shape index (κ1) is 16.2. The first-order valence-electron chi connectivity index (χ1n) is 8.12. The lowest BCUT2D eigenvalue weighted by atomic mass is 10.1. The fourth-order valence-electron chi connectivity index (χ4n) is 2.79. The lowest BCUT2D eigenvalue weighted by molar-refractivity contribution is 0.0474. The quantitative estimate of drug-likeness (QED) is 0.878. The van der Waals surface area contributed by atoms with Gasteiger partial charge in [0, 0.05) is 17.8 Å². The molecule has 0 saturated carbocycles. The van der Waals surface area contributed by atoms with E-state index in [4.69, 9.17) is 15.2 Å². The molecule has 0 fully saturated rings. The van der Waals surface area contributed by atoms with Crippen molar-refractivity contribution in [2.45, 2.75) is 20.0 Å². The SMILES string of the molecule is CCN(CC1COc2ccccc2O1)C(=O)c1cc(N)ccc1C. The predicted octanol–water partition coefficient (Wildman–Crippen LogP) is 2.88. The van der Waals surface area contributed by atoms with E-state index in [1.165, 1.54) is 0 Å². The fraction of sp³-hybridized carbons (Fsp3) is 0.316. The van der Waals surface area contributed by atoms with Crippen molar-refractivity contribution in [1.29, 1.82) is 0 Å². The first-order chi connectivity index (χ1) is 11.6. The lowest BCUT2D eigenvalue weighted by Crippen LogP contribution is -2.43. The number of aryl methyl sites for hydroxylation is 1. The van der Waals surface area contributed by atoms with Crippen LogP contribution in [0.2, 0.25) is 0 Å². The fourth-order valence-corrected chi connectivity index (χ4v) is 2.79. The first-order valence-corrected chi connectivity index (χ1v) is 8.12. The van der Waals surface area contributed by atoms with Gasteiger partial charge in [0.25, 0.3) is 5.91 Å². The second kappa shape index (κ2) is 6.83. The zero-order chi connectivity index (χ0) is 17.1. The molecule has 5 nitrogen and oxygen atoms in total. The average Bonchev–Trinajstić information content (AvgIpc) is 2.61. The molecule has 1 heterocycles. The standard InChI is InChI=1S/C19H22N2O3/c1-3-21(19(22)16-10-14(20)9-8-13(16)2)11-15-12-23-17-6-4-5-7-18(17)24-15/h4-10,15H,3,11-12,20H2,1-2H3. The molecule has 2 N–H and O–H groups in total. The number of nitrogens with two attached hydrogens (primary N) is 1. The van der Waals surface area contributed by atoms with Gasteiger partial charge in [-0.1, -0.05) is 18.2 Å². The largest absolute Gasteiger partial charge is 0.486 e. The maximum atomic E-state index is 12.8. The molecule has 0 spiro atoms. The number of anilines is 1. The Kier molecular flexibility index (Phi) is 4.60. The number of carbonyl (C=O) groups excluding carboxylic acids is 1. The van der Waals surface area contributed by atoms with Crippen molar-refractivity contribution in [2.24, 2.45) is 0 Å². The van der Waals surface area contributed by atoms with Crippen LogP contribution >= 0.6 is 0 Å². The van der Waals surface area contributed by atoms with Gasteiger partial charge in [-0.2, -0.15) is 0 Å². The van der Waals surface area contributed by atoms with Crippen molar-refractivity contribution in [2.75, 3.05) is 25.4 Å². The summed E-state index contributed by atoms with van der Waals surface area (Å²) in [4.78, 5) is 14.6. The van der Waals surface area contributed by atoms with Gasteiger partial charge in [-0.05, 0) is 43.7 Å². The summed E-state index contributed by atoms with van der Waals surface area (Å²) in [5.41, 5.74) is 7.97. The summed E-state index contributed by atoms with van der Waals surface area (Å²) in [6, 6.07) is 13.0. The molecule has 1 unspecified atom stereocenters. The van der Waals surface area contributed by atoms with Crippen LogP contribution in [0.5, 0.6) is 11.5 Å². The van der Waals surface area contributed by atoms with Crippen LogP contribution in [-0.4, -0.2) is 36.6 Å². The summed E-state index contributed by atoms with van der Waals surface area (Å²) in [6.07, 6.45) is -0.190. The van der Waals surface area contributed by atoms with Crippen molar-refractivity contribution in [3.05, 3.63) is 53.6 Å². The molecule has 0 aliphatic carbocycles. The van der Waals surface area contributed by atoms with Gasteiger partial charge in [0.1, 0.15) is 6.61 Å². The zero-order valence-electron chi connectivity index (χ0n) is 14.0. The Bertz CT molecular complexity index is 745. The number of rotatable bonds is 4. The molecule has 2 aromatic rings. The number of hydrogen-bond donors (Lipinski definition) is 1. The Morgan fingerprint density at radius 2 is 2.00 bits per heavy atom. The molecule has 0 radical (unpaired) electrons. The van der Waals surface area contributed by atoms with E-state index in [9.17, 15) is 4.79 Å². The molecule has 5 heteroatoms. The van der Waals surface area contributed by atoms with Crippen molar-refractivity contribution in [3.63, 3.8) is 0 Å². The molecule has 24 heavy (non-hydrogen) atoms. The summed E-state index contributed by atoms with van der Waals surface area (Å²) in [7, 11) is 0. The molecule has 1 aliphatic heterocycles. The number of para-hydroxylation sites is 2. The summed E-state index contributed by atoms with van der Waals surface area (Å²) >= 11 is 0. The highest BCUT2D eigenvalue weighted by atomic mass is 16.6. The van der Waals surface area contributed by atoms with Crippen LogP contribution in [0.25, 0.3) is 0 Å². The van der Waals surface area contributed by atoms with E-state index in [0.717, 1.165) is 17.1 Å². The van der Waals surface area contributed by atoms with E-state index < -0.39 is 0 Å². The number of likely N-dealkylation sites (N-methyl/N-ethyl adjacent to an activating group) is 1. The second-order valence-corrected chi connectivity index (χ2v) is 5.92. The van der Waals surface area contributed by atoms with Crippen LogP contribution in [0.3, 0.4) is 0 Å². The number of amides is 1. The number of nitrogen functional groups attached to an aromatic ring is 1. The van der Waals surface area contributed by atoms with Crippen molar-refractivity contribution < 1.29 is 14.3 Å². The van der Waals surface area contributed by atoms with Crippen LogP contribution in [-0.2, 0) is 0 Å². The minimum absolute atomic E-state index is 0.0373. The number of fused-ring (bicyclic) bond motifs is 1. The number of ether oxygens (including phenoxy) is 2. The Balaban J connectivity index is 1.73. The maximum absolute atomic E-state index is 12.8. The Morgan fingerprint density at radius 1 is 1.25 bits per heavy atom. The molecule has 2 aromatic carbocycles. The van der Waals surface area contributed by atoms with Crippen LogP contribution in [0, 0.1) is 6.92 Å². The second-order valence-electron chi connectivity index (χ2n) is 5.92. The van der Waals surface area contributed by atoms with Crippen molar-refractivity contribution in [3.8, 4) is 11.5 Å². The summed E-state index contributed by atoms with van der Waals surface area (Å²) in [5, 5.41) is 0. The number of nitrogens with zero attached hydrogens (tertiary/aromatic N) is 1. The van der Waals surface area contributed by atoms with Crippen molar-refractivity contribution in [1.82, 2.24) is 4.90 Å². The monoisotopic (exact) mass is 326 g/mol. The minimum Gasteiger partial charge on any atom is -0.486 e. The predicted molar refractivity (Wildman–Crippen MR) is 93.5 cm³/mol. The normalized spacial score (nSPS) is 15.8. The van der Waals surface area contributed by atoms with Gasteiger partial charge in [-0.15, -0.1) is 0 Å². The Hall–Kier alpha value is -2.69. The number of hydrogen-bond acceptors (Lipinski definition) is 4. The molecular weight excluding hydrogens is 304 g/mol. The van der Waals surface area contributed by atoms with E-state index in [0.29, 0.717) is 30.9 Å². The third kappa shape index (κ3) is 3.30. The van der Waals surface area contributed by atoms with E-state index in [2.05, 4.69) is 0 Å². The smallest absolute Gasteiger partial charge is 0.254 e. The van der Waals surface area contributed by atoms with Crippen LogP contribution in [0.4, 0.5) is 5.69 Å². The highest BCUT2D eigenvalue weighted by Gasteiger charge is 2.25. The lowest BCUT2D eigenvalue weighted by Gasteiger charge is -2.31. The Morgan fingerprint density at radius 3 is 2.75 bits per heavy atom. The molecule has 0 bridgehead atoms. The van der Waals surface area contributed by atoms with Gasteiger partial charge >= 0.3 is 0 Å². The van der Waals surface area contributed by atoms with Crippen LogP contribution < -0.4 is 15.2 Å². The van der Waals surface area contributed by atoms with Crippen LogP contribution in [0.15, 0.2) is 42.5 Å². The van der Waals surface area contributed by atoms with Crippen molar-refractivity contribution >= 4 is 11.6 Å². The van der Waals surface area contributed by atoms with E-state index in [1.807, 2.05) is 44.2 Å². The minimum atomic E-state index is -0.190. The van der Waals surface area contributed by atoms with Gasteiger partial charge in [0.2, 0.25) is 0 Å². The highest BCUT2D eigenvalue weighted by molar-refractivity contribution is 5.96. The van der Waals surface area contributed by atoms with Crippen LogP contribution in [0.1, 0.15) is 22.8 Å². The maximum Gasteiger partial charge on any atom is 0.254 e. The van der Waals surface area contributed by atoms with E-state index >= 15 is 0 Å². The summed E-state index contributed by atoms with van der Waals surface area (Å²) < 4.78 is 11.7. The molecular formula is C19H22N2O3. The summed E-state index contributed by atoms with van der Waals surface area (Å²) in [6.45, 7) is 5.36. The topological polar surface area (TPSA) is 64.8 Å². The number of benzene rings is 2. The van der Waals surface area contributed by atoms with E-state index in [1.54, 1.807) is 17.0 Å². The van der Waals surface area contributed by atoms with Gasteiger partial charge in [0.05, 0.1) is 6.54 Å². The third-order valence-corrected chi connectivity index (χ3v) is 4.15. The molecule has 126 valence electrons. The average molecular weight is 326 g/mol. The summed E-state index contributed by atoms with van der Waals surface area (Å²) in [5.74, 6) is 1.43. The third-order valence-electron chi connectivity index (χ3n) is 4.15. The molecule has 1 aliphatic rings. The molecule has 3 rings (SSSR count). The van der Waals surface area contributed by atoms with Gasteiger partial charge in [0.15, 0.2) is 17.6 Å². The highest BCUT2D eigenvalue weighted by Crippen LogP contribution is 2.31. The van der Waals surface area contributed by atoms with Gasteiger partial charge < -0.3 is 20.1 Å². The van der Waals surface area contributed by atoms with Gasteiger partial charge in [-0.3, -0.25) is 4.79 Å². The zero-order valence-corrected chi connectivity index (χ0v) is 14.0. The Labute approximate surface area is 142 Å². The molecule has 1 atom stereocenters. The van der Waals surface area contributed by atoms with Gasteiger partial charge in [-0.25, -0.2) is 0 Å². The number of carbonyl (C=O) groups is 1. The molecule has 0 aromatic heterocycles.